The summed E-state index contributed by atoms with van der Waals surface area (Å²) in [5, 5.41) is 6.60. The number of nitrogens with one attached hydrogen (secondary N) is 2. The van der Waals surface area contributed by atoms with Crippen LogP contribution in [-0.2, 0) is 15.1 Å². The summed E-state index contributed by atoms with van der Waals surface area (Å²) < 4.78 is 0.657. The molecule has 2 aliphatic rings. The number of nitrogens with zero attached hydrogens (tertiary/aromatic N) is 1. The van der Waals surface area contributed by atoms with Gasteiger partial charge in [-0.3, -0.25) is 19.4 Å². The smallest absolute Gasteiger partial charge is 0.262 e. The molecule has 2 heterocycles. The molecule has 208 valence electrons. The van der Waals surface area contributed by atoms with Gasteiger partial charge in [-0.05, 0) is 60.7 Å². The van der Waals surface area contributed by atoms with E-state index in [4.69, 9.17) is 17.2 Å². The van der Waals surface area contributed by atoms with Gasteiger partial charge >= 0.3 is 0 Å². The van der Waals surface area contributed by atoms with E-state index in [-0.39, 0.29) is 23.9 Å². The van der Waals surface area contributed by atoms with Crippen LogP contribution in [0.2, 0.25) is 0 Å². The molecule has 1 fully saturated rings. The van der Waals surface area contributed by atoms with Gasteiger partial charge in [0.1, 0.15) is 5.54 Å². The Balaban J connectivity index is 1.44. The minimum atomic E-state index is -1.57. The molecule has 2 aromatic carbocycles. The Morgan fingerprint density at radius 1 is 1.07 bits per heavy atom. The van der Waals surface area contributed by atoms with Crippen molar-refractivity contribution >= 4 is 44.7 Å². The van der Waals surface area contributed by atoms with E-state index in [1.165, 1.54) is 17.4 Å². The summed E-state index contributed by atoms with van der Waals surface area (Å²) in [5.41, 5.74) is 22.1. The van der Waals surface area contributed by atoms with Crippen molar-refractivity contribution in [3.05, 3.63) is 95.0 Å². The Labute approximate surface area is 240 Å². The predicted octanol–water partition coefficient (Wildman–Crippen LogP) is 3.28. The molecule has 0 bridgehead atoms. The van der Waals surface area contributed by atoms with Crippen LogP contribution in [0.1, 0.15) is 51.7 Å². The van der Waals surface area contributed by atoms with Crippen molar-refractivity contribution in [2.24, 2.45) is 11.5 Å². The lowest BCUT2D eigenvalue weighted by atomic mass is 9.70. The molecule has 2 aliphatic carbocycles. The van der Waals surface area contributed by atoms with Crippen molar-refractivity contribution in [3.63, 3.8) is 0 Å². The monoisotopic (exact) mass is 566 g/mol. The van der Waals surface area contributed by atoms with Crippen LogP contribution in [-0.4, -0.2) is 34.7 Å². The standard InChI is InChI=1S/C31H30N6O3S/c1-2-23(38)36-21-10-6-11-22(21)37-30(40)28-25-24-18(12-13-19(32)27(24)41-28)31(34,29(39)26(25)33)17-8-5-7-16(15-17)20-9-3-4-14-35-20/h2-5,7-9,12-15,21-22,26H,1,6,10-11,32-34H2,(H,36,38)(H,37,40)/t21-,22-,26?,31?/m1/s1. The zero-order valence-electron chi connectivity index (χ0n) is 22.2. The highest BCUT2D eigenvalue weighted by molar-refractivity contribution is 7.21. The molecule has 2 amide bonds. The van der Waals surface area contributed by atoms with E-state index >= 15 is 0 Å². The number of hydrogen-bond acceptors (Lipinski definition) is 8. The zero-order valence-corrected chi connectivity index (χ0v) is 23.0. The van der Waals surface area contributed by atoms with Crippen molar-refractivity contribution < 1.29 is 14.4 Å². The minimum absolute atomic E-state index is 0.214. The molecule has 4 atom stereocenters. The van der Waals surface area contributed by atoms with E-state index in [0.717, 1.165) is 24.1 Å². The number of amides is 2. The molecule has 0 saturated heterocycles. The maximum atomic E-state index is 14.1. The van der Waals surface area contributed by atoms with Crippen LogP contribution in [0, 0.1) is 0 Å². The van der Waals surface area contributed by atoms with E-state index in [0.29, 0.717) is 43.8 Å². The summed E-state index contributed by atoms with van der Waals surface area (Å²) >= 11 is 1.20. The third-order valence-corrected chi connectivity index (χ3v) is 9.40. The maximum absolute atomic E-state index is 14.1. The van der Waals surface area contributed by atoms with E-state index in [2.05, 4.69) is 22.2 Å². The molecule has 0 radical (unpaired) electrons. The fraction of sp³-hybridized carbons (Fsp3) is 0.226. The van der Waals surface area contributed by atoms with Crippen molar-refractivity contribution in [3.8, 4) is 11.3 Å². The topological polar surface area (TPSA) is 166 Å². The number of carbonyl (C=O) groups excluding carboxylic acids is 3. The van der Waals surface area contributed by atoms with Crippen LogP contribution in [0.4, 0.5) is 5.69 Å². The lowest BCUT2D eigenvalue weighted by Gasteiger charge is -2.36. The van der Waals surface area contributed by atoms with E-state index < -0.39 is 17.4 Å². The summed E-state index contributed by atoms with van der Waals surface area (Å²) in [5.74, 6) is -1.07. The summed E-state index contributed by atoms with van der Waals surface area (Å²) in [6.07, 6.45) is 5.23. The van der Waals surface area contributed by atoms with Crippen LogP contribution in [0.3, 0.4) is 0 Å². The quantitative estimate of drug-likeness (QED) is 0.176. The van der Waals surface area contributed by atoms with Crippen LogP contribution < -0.4 is 27.8 Å². The highest BCUT2D eigenvalue weighted by Gasteiger charge is 2.49. The molecule has 6 rings (SSSR count). The molecule has 2 unspecified atom stereocenters. The molecule has 10 heteroatoms. The number of pyridine rings is 1. The van der Waals surface area contributed by atoms with Gasteiger partial charge in [0.05, 0.1) is 21.3 Å². The second-order valence-corrected chi connectivity index (χ2v) is 11.5. The zero-order chi connectivity index (χ0) is 28.9. The highest BCUT2D eigenvalue weighted by atomic mass is 32.1. The Hall–Kier alpha value is -4.38. The van der Waals surface area contributed by atoms with Crippen molar-refractivity contribution in [1.29, 1.82) is 0 Å². The molecule has 0 aliphatic heterocycles. The number of ketones is 1. The fourth-order valence-corrected chi connectivity index (χ4v) is 7.29. The first kappa shape index (κ1) is 26.8. The molecule has 1 saturated carbocycles. The Morgan fingerprint density at radius 2 is 1.85 bits per heavy atom. The van der Waals surface area contributed by atoms with Gasteiger partial charge in [0.2, 0.25) is 5.91 Å². The van der Waals surface area contributed by atoms with Gasteiger partial charge in [0, 0.05) is 40.5 Å². The van der Waals surface area contributed by atoms with Crippen molar-refractivity contribution in [1.82, 2.24) is 15.6 Å². The second kappa shape index (κ2) is 10.2. The summed E-state index contributed by atoms with van der Waals surface area (Å²) in [4.78, 5) is 44.5. The largest absolute Gasteiger partial charge is 0.398 e. The van der Waals surface area contributed by atoms with Gasteiger partial charge in [-0.15, -0.1) is 11.3 Å². The van der Waals surface area contributed by atoms with Gasteiger partial charge in [0.25, 0.3) is 5.91 Å². The van der Waals surface area contributed by atoms with Gasteiger partial charge in [-0.2, -0.15) is 0 Å². The lowest BCUT2D eigenvalue weighted by molar-refractivity contribution is -0.124. The number of Topliss-reactive ketones (excluding diaryl/α,β-unsaturated/α-hetero) is 1. The second-order valence-electron chi connectivity index (χ2n) is 10.5. The number of carbonyl (C=O) groups is 3. The molecule has 9 nitrogen and oxygen atoms in total. The highest BCUT2D eigenvalue weighted by Crippen LogP contribution is 2.49. The van der Waals surface area contributed by atoms with Gasteiger partial charge in [0.15, 0.2) is 5.78 Å². The number of rotatable bonds is 6. The normalized spacial score (nSPS) is 23.4. The fourth-order valence-electron chi connectivity index (χ4n) is 6.09. The van der Waals surface area contributed by atoms with E-state index in [9.17, 15) is 14.4 Å². The Morgan fingerprint density at radius 3 is 2.59 bits per heavy atom. The number of nitrogens with two attached hydrogens (primary N) is 3. The molecule has 0 spiro atoms. The lowest BCUT2D eigenvalue weighted by Crippen LogP contribution is -2.52. The van der Waals surface area contributed by atoms with Gasteiger partial charge in [-0.25, -0.2) is 0 Å². The van der Waals surface area contributed by atoms with Crippen LogP contribution in [0.5, 0.6) is 0 Å². The SMILES string of the molecule is C=CC(=O)N[C@@H]1CCC[C@H]1NC(=O)c1sc2c(N)ccc3c2c1C(N)C(=O)C3(N)c1cccc(-c2ccccn2)c1. The van der Waals surface area contributed by atoms with Gasteiger partial charge in [-0.1, -0.05) is 36.9 Å². The number of anilines is 1. The Bertz CT molecular complexity index is 1720. The number of aromatic nitrogens is 1. The molecule has 8 N–H and O–H groups in total. The molecule has 2 aromatic heterocycles. The molecule has 4 aromatic rings. The number of hydrogen-bond donors (Lipinski definition) is 5. The summed E-state index contributed by atoms with van der Waals surface area (Å²) in [6.45, 7) is 3.51. The average Bonchev–Trinajstić information content (AvgIpc) is 3.61. The van der Waals surface area contributed by atoms with Crippen LogP contribution in [0.25, 0.3) is 21.3 Å². The predicted molar refractivity (Wildman–Crippen MR) is 160 cm³/mol. The number of thiophene rings is 1. The summed E-state index contributed by atoms with van der Waals surface area (Å²) in [6, 6.07) is 14.9. The number of benzene rings is 2. The Kier molecular flexibility index (Phi) is 6.69. The number of nitrogen functional groups attached to an aromatic ring is 1. The average molecular weight is 567 g/mol. The summed E-state index contributed by atoms with van der Waals surface area (Å²) in [7, 11) is 0. The van der Waals surface area contributed by atoms with Crippen molar-refractivity contribution in [2.75, 3.05) is 5.73 Å². The van der Waals surface area contributed by atoms with E-state index in [1.807, 2.05) is 42.5 Å². The van der Waals surface area contributed by atoms with Crippen LogP contribution >= 0.6 is 11.3 Å². The third kappa shape index (κ3) is 4.31. The minimum Gasteiger partial charge on any atom is -0.398 e. The third-order valence-electron chi connectivity index (χ3n) is 8.14. The van der Waals surface area contributed by atoms with E-state index in [1.54, 1.807) is 18.3 Å². The first-order chi connectivity index (χ1) is 19.7. The molecular formula is C31H30N6O3S. The molecular weight excluding hydrogens is 536 g/mol. The maximum Gasteiger partial charge on any atom is 0.262 e. The van der Waals surface area contributed by atoms with Gasteiger partial charge < -0.3 is 27.8 Å². The van der Waals surface area contributed by atoms with Crippen LogP contribution in [0.15, 0.2) is 73.4 Å². The van der Waals surface area contributed by atoms with Crippen molar-refractivity contribution in [2.45, 2.75) is 42.9 Å². The first-order valence-electron chi connectivity index (χ1n) is 13.4. The molecule has 41 heavy (non-hydrogen) atoms. The first-order valence-corrected chi connectivity index (χ1v) is 14.3.